The lowest BCUT2D eigenvalue weighted by molar-refractivity contribution is -0.126. The lowest BCUT2D eigenvalue weighted by Gasteiger charge is -2.24. The molecule has 0 bridgehead atoms. The Morgan fingerprint density at radius 3 is 2.65 bits per heavy atom. The maximum Gasteiger partial charge on any atom is 0.244 e. The average Bonchev–Trinajstić information content (AvgIpc) is 2.82. The molecule has 2 aromatic rings. The Kier molecular flexibility index (Phi) is 4.57. The fourth-order valence-electron chi connectivity index (χ4n) is 1.75. The molecule has 0 saturated carbocycles. The van der Waals surface area contributed by atoms with Gasteiger partial charge in [-0.2, -0.15) is 0 Å². The molecule has 2 rings (SSSR count). The van der Waals surface area contributed by atoms with Crippen LogP contribution in [0, 0.1) is 6.92 Å². The number of nitrogens with one attached hydrogen (secondary N) is 1. The quantitative estimate of drug-likeness (QED) is 0.887. The van der Waals surface area contributed by atoms with Gasteiger partial charge in [0, 0.05) is 15.5 Å². The molecule has 1 aromatic carbocycles. The van der Waals surface area contributed by atoms with E-state index in [1.165, 1.54) is 11.3 Å². The largest absolute Gasteiger partial charge is 0.348 e. The lowest BCUT2D eigenvalue weighted by atomic mass is 9.92. The van der Waals surface area contributed by atoms with E-state index in [0.717, 1.165) is 20.7 Å². The second-order valence-corrected chi connectivity index (χ2v) is 6.63. The van der Waals surface area contributed by atoms with Crippen molar-refractivity contribution in [1.82, 2.24) is 10.3 Å². The normalized spacial score (nSPS) is 13.8. The van der Waals surface area contributed by atoms with Crippen LogP contribution in [0.4, 0.5) is 0 Å². The molecule has 0 radical (unpaired) electrons. The Labute approximate surface area is 130 Å². The number of rotatable bonds is 4. The van der Waals surface area contributed by atoms with Crippen LogP contribution in [-0.2, 0) is 16.9 Å². The molecule has 0 aliphatic rings. The molecule has 1 heterocycles. The van der Waals surface area contributed by atoms with E-state index in [1.807, 2.05) is 36.6 Å². The van der Waals surface area contributed by atoms with Crippen molar-refractivity contribution in [2.45, 2.75) is 25.9 Å². The monoisotopic (exact) mass is 353 g/mol. The van der Waals surface area contributed by atoms with Gasteiger partial charge in [0.05, 0.1) is 6.54 Å². The number of carbonyl (C=O) groups is 1. The van der Waals surface area contributed by atoms with E-state index in [0.29, 0.717) is 6.54 Å². The Balaban J connectivity index is 2.05. The third kappa shape index (κ3) is 3.45. The molecular weight excluding hydrogens is 338 g/mol. The van der Waals surface area contributed by atoms with Crippen LogP contribution in [0.15, 0.2) is 34.1 Å². The van der Waals surface area contributed by atoms with Crippen molar-refractivity contribution in [3.05, 3.63) is 50.4 Å². The second-order valence-electron chi connectivity index (χ2n) is 4.77. The van der Waals surface area contributed by atoms with Crippen LogP contribution in [0.1, 0.15) is 23.2 Å². The molecule has 0 spiro atoms. The van der Waals surface area contributed by atoms with Crippen LogP contribution in [-0.4, -0.2) is 10.9 Å². The summed E-state index contributed by atoms with van der Waals surface area (Å²) >= 11 is 4.89. The summed E-state index contributed by atoms with van der Waals surface area (Å²) in [5.41, 5.74) is 6.83. The minimum Gasteiger partial charge on any atom is -0.348 e. The highest BCUT2D eigenvalue weighted by Crippen LogP contribution is 2.21. The first-order valence-electron chi connectivity index (χ1n) is 6.14. The molecule has 0 aliphatic heterocycles. The molecule has 1 unspecified atom stereocenters. The SMILES string of the molecule is Cc1csc(CNC(=O)C(C)(N)c2ccc(Br)cc2)n1. The number of carbonyl (C=O) groups excluding carboxylic acids is 1. The van der Waals surface area contributed by atoms with Crippen molar-refractivity contribution in [3.63, 3.8) is 0 Å². The van der Waals surface area contributed by atoms with Crippen molar-refractivity contribution in [1.29, 1.82) is 0 Å². The van der Waals surface area contributed by atoms with E-state index in [2.05, 4.69) is 26.2 Å². The first-order chi connectivity index (χ1) is 9.39. The number of halogens is 1. The van der Waals surface area contributed by atoms with E-state index >= 15 is 0 Å². The Morgan fingerprint density at radius 2 is 2.10 bits per heavy atom. The van der Waals surface area contributed by atoms with Gasteiger partial charge in [-0.25, -0.2) is 4.98 Å². The van der Waals surface area contributed by atoms with Gasteiger partial charge in [-0.15, -0.1) is 11.3 Å². The number of hydrogen-bond donors (Lipinski definition) is 2. The van der Waals surface area contributed by atoms with E-state index in [1.54, 1.807) is 6.92 Å². The van der Waals surface area contributed by atoms with Crippen molar-refractivity contribution in [3.8, 4) is 0 Å². The number of amides is 1. The van der Waals surface area contributed by atoms with E-state index in [4.69, 9.17) is 5.73 Å². The molecule has 106 valence electrons. The van der Waals surface area contributed by atoms with Gasteiger partial charge >= 0.3 is 0 Å². The van der Waals surface area contributed by atoms with Gasteiger partial charge in [-0.3, -0.25) is 4.79 Å². The van der Waals surface area contributed by atoms with Crippen LogP contribution >= 0.6 is 27.3 Å². The number of aryl methyl sites for hydroxylation is 1. The van der Waals surface area contributed by atoms with Gasteiger partial charge in [0.1, 0.15) is 10.5 Å². The predicted octanol–water partition coefficient (Wildman–Crippen LogP) is 2.70. The van der Waals surface area contributed by atoms with Crippen molar-refractivity contribution < 1.29 is 4.79 Å². The van der Waals surface area contributed by atoms with E-state index < -0.39 is 5.54 Å². The van der Waals surface area contributed by atoms with E-state index in [9.17, 15) is 4.79 Å². The summed E-state index contributed by atoms with van der Waals surface area (Å²) in [5, 5.41) is 5.67. The summed E-state index contributed by atoms with van der Waals surface area (Å²) in [4.78, 5) is 16.6. The highest BCUT2D eigenvalue weighted by Gasteiger charge is 2.30. The molecule has 1 aromatic heterocycles. The predicted molar refractivity (Wildman–Crippen MR) is 84.4 cm³/mol. The highest BCUT2D eigenvalue weighted by molar-refractivity contribution is 9.10. The first-order valence-corrected chi connectivity index (χ1v) is 7.81. The second kappa shape index (κ2) is 6.03. The fraction of sp³-hybridized carbons (Fsp3) is 0.286. The number of nitrogens with two attached hydrogens (primary N) is 1. The Hall–Kier alpha value is -1.24. The van der Waals surface area contributed by atoms with Crippen molar-refractivity contribution in [2.75, 3.05) is 0 Å². The molecular formula is C14H16BrN3OS. The van der Waals surface area contributed by atoms with Gasteiger partial charge in [-0.05, 0) is 31.5 Å². The maximum atomic E-state index is 12.3. The van der Waals surface area contributed by atoms with Crippen LogP contribution in [0.25, 0.3) is 0 Å². The number of aromatic nitrogens is 1. The molecule has 20 heavy (non-hydrogen) atoms. The summed E-state index contributed by atoms with van der Waals surface area (Å²) in [5.74, 6) is -0.215. The zero-order chi connectivity index (χ0) is 14.8. The van der Waals surface area contributed by atoms with E-state index in [-0.39, 0.29) is 5.91 Å². The van der Waals surface area contributed by atoms with Crippen LogP contribution in [0.2, 0.25) is 0 Å². The average molecular weight is 354 g/mol. The fourth-order valence-corrected chi connectivity index (χ4v) is 2.73. The number of nitrogens with zero attached hydrogens (tertiary/aromatic N) is 1. The molecule has 0 saturated heterocycles. The molecule has 1 atom stereocenters. The molecule has 4 nitrogen and oxygen atoms in total. The summed E-state index contributed by atoms with van der Waals surface area (Å²) < 4.78 is 0.954. The zero-order valence-electron chi connectivity index (χ0n) is 11.3. The third-order valence-corrected chi connectivity index (χ3v) is 4.48. The van der Waals surface area contributed by atoms with Crippen molar-refractivity contribution in [2.24, 2.45) is 5.73 Å². The molecule has 0 fully saturated rings. The number of hydrogen-bond acceptors (Lipinski definition) is 4. The third-order valence-electron chi connectivity index (χ3n) is 2.98. The van der Waals surface area contributed by atoms with Gasteiger partial charge in [0.2, 0.25) is 5.91 Å². The van der Waals surface area contributed by atoms with Crippen LogP contribution < -0.4 is 11.1 Å². The number of thiazole rings is 1. The van der Waals surface area contributed by atoms with Crippen molar-refractivity contribution >= 4 is 33.2 Å². The summed E-state index contributed by atoms with van der Waals surface area (Å²) in [6, 6.07) is 7.43. The summed E-state index contributed by atoms with van der Waals surface area (Å²) in [6.07, 6.45) is 0. The van der Waals surface area contributed by atoms with Gasteiger partial charge < -0.3 is 11.1 Å². The minimum atomic E-state index is -1.06. The zero-order valence-corrected chi connectivity index (χ0v) is 13.7. The smallest absolute Gasteiger partial charge is 0.244 e. The Bertz CT molecular complexity index is 607. The molecule has 6 heteroatoms. The summed E-state index contributed by atoms with van der Waals surface area (Å²) in [6.45, 7) is 4.04. The molecule has 0 aliphatic carbocycles. The van der Waals surface area contributed by atoms with Gasteiger partial charge in [-0.1, -0.05) is 28.1 Å². The highest BCUT2D eigenvalue weighted by atomic mass is 79.9. The van der Waals surface area contributed by atoms with Crippen LogP contribution in [0.5, 0.6) is 0 Å². The minimum absolute atomic E-state index is 0.215. The maximum absolute atomic E-state index is 12.3. The number of benzene rings is 1. The standard InChI is InChI=1S/C14H16BrN3OS/c1-9-8-20-12(18-9)7-17-13(19)14(2,16)10-3-5-11(15)6-4-10/h3-6,8H,7,16H2,1-2H3,(H,17,19). The van der Waals surface area contributed by atoms with Gasteiger partial charge in [0.25, 0.3) is 0 Å². The lowest BCUT2D eigenvalue weighted by Crippen LogP contribution is -2.48. The summed E-state index contributed by atoms with van der Waals surface area (Å²) in [7, 11) is 0. The molecule has 1 amide bonds. The van der Waals surface area contributed by atoms with Gasteiger partial charge in [0.15, 0.2) is 0 Å². The Morgan fingerprint density at radius 1 is 1.45 bits per heavy atom. The first kappa shape index (κ1) is 15.2. The molecule has 3 N–H and O–H groups in total. The van der Waals surface area contributed by atoms with Crippen LogP contribution in [0.3, 0.4) is 0 Å². The topological polar surface area (TPSA) is 68.0 Å².